The number of carbonyl (C=O) groups excluding carboxylic acids is 3. The maximum absolute atomic E-state index is 10.5. The fourth-order valence-corrected chi connectivity index (χ4v) is 2.88. The fourth-order valence-electron chi connectivity index (χ4n) is 2.88. The predicted molar refractivity (Wildman–Crippen MR) is 119 cm³/mol. The quantitative estimate of drug-likeness (QED) is 0.550. The number of aldehydes is 3. The van der Waals surface area contributed by atoms with Gasteiger partial charge >= 0.3 is 0 Å². The minimum atomic E-state index is 0.531. The van der Waals surface area contributed by atoms with Crippen molar-refractivity contribution in [3.05, 3.63) is 53.1 Å². The largest absolute Gasteiger partial charge is 0.340 e. The highest BCUT2D eigenvalue weighted by atomic mass is 16.1. The van der Waals surface area contributed by atoms with Crippen LogP contribution >= 0.6 is 0 Å². The molecule has 0 fully saturated rings. The van der Waals surface area contributed by atoms with Gasteiger partial charge in [0.15, 0.2) is 18.9 Å². The molecule has 0 saturated carbocycles. The molecule has 3 aromatic heterocycles. The van der Waals surface area contributed by atoms with Crippen LogP contribution in [0.2, 0.25) is 0 Å². The summed E-state index contributed by atoms with van der Waals surface area (Å²) >= 11 is 0. The number of carbonyl (C=O) groups is 3. The molecular formula is C22H32N6O3. The maximum atomic E-state index is 10.5. The van der Waals surface area contributed by atoms with E-state index < -0.39 is 0 Å². The Morgan fingerprint density at radius 2 is 1.55 bits per heavy atom. The number of rotatable bonds is 8. The minimum absolute atomic E-state index is 0.531. The first-order valence-electron chi connectivity index (χ1n) is 10.5. The van der Waals surface area contributed by atoms with Crippen molar-refractivity contribution in [1.29, 1.82) is 0 Å². The summed E-state index contributed by atoms with van der Waals surface area (Å²) in [5.41, 5.74) is 1.75. The van der Waals surface area contributed by atoms with Gasteiger partial charge in [-0.25, -0.2) is 15.0 Å². The van der Waals surface area contributed by atoms with Crippen LogP contribution in [0.1, 0.15) is 83.6 Å². The molecule has 0 aliphatic rings. The first-order valence-corrected chi connectivity index (χ1v) is 10.5. The van der Waals surface area contributed by atoms with Crippen molar-refractivity contribution < 1.29 is 14.4 Å². The van der Waals surface area contributed by atoms with Gasteiger partial charge < -0.3 is 14.1 Å². The minimum Gasteiger partial charge on any atom is -0.340 e. The molecule has 0 saturated heterocycles. The Balaban J connectivity index is 0.000000234. The van der Waals surface area contributed by atoms with Crippen LogP contribution < -0.4 is 0 Å². The molecule has 31 heavy (non-hydrogen) atoms. The van der Waals surface area contributed by atoms with E-state index in [9.17, 15) is 14.4 Å². The number of H-pyrrole nitrogens is 1. The number of imidazole rings is 3. The van der Waals surface area contributed by atoms with Gasteiger partial charge in [-0.05, 0) is 13.8 Å². The molecule has 0 unspecified atom stereocenters. The van der Waals surface area contributed by atoms with Crippen LogP contribution in [0.25, 0.3) is 0 Å². The van der Waals surface area contributed by atoms with Crippen molar-refractivity contribution in [3.63, 3.8) is 0 Å². The van der Waals surface area contributed by atoms with Gasteiger partial charge in [0.2, 0.25) is 0 Å². The smallest absolute Gasteiger partial charge is 0.170 e. The number of aromatic amines is 1. The van der Waals surface area contributed by atoms with Gasteiger partial charge in [0.25, 0.3) is 0 Å². The van der Waals surface area contributed by atoms with Crippen molar-refractivity contribution in [2.75, 3.05) is 0 Å². The predicted octanol–water partition coefficient (Wildman–Crippen LogP) is 3.34. The molecule has 0 spiro atoms. The van der Waals surface area contributed by atoms with Crippen molar-refractivity contribution in [2.45, 2.75) is 67.0 Å². The molecule has 0 amide bonds. The van der Waals surface area contributed by atoms with Gasteiger partial charge in [0.1, 0.15) is 28.9 Å². The van der Waals surface area contributed by atoms with Crippen LogP contribution in [0.15, 0.2) is 18.6 Å². The molecule has 0 aromatic carbocycles. The second kappa shape index (κ2) is 13.8. The fraction of sp³-hybridized carbons (Fsp3) is 0.455. The Labute approximate surface area is 182 Å². The van der Waals surface area contributed by atoms with E-state index in [1.807, 2.05) is 43.8 Å². The molecule has 0 aliphatic heterocycles. The second-order valence-electron chi connectivity index (χ2n) is 6.41. The van der Waals surface area contributed by atoms with Crippen LogP contribution in [0.4, 0.5) is 0 Å². The van der Waals surface area contributed by atoms with Gasteiger partial charge in [-0.3, -0.25) is 14.4 Å². The molecule has 3 heterocycles. The molecule has 9 heteroatoms. The summed E-state index contributed by atoms with van der Waals surface area (Å²) in [4.78, 5) is 45.8. The molecule has 0 radical (unpaired) electrons. The lowest BCUT2D eigenvalue weighted by molar-refractivity contribution is 0.110. The number of nitrogens with one attached hydrogen (secondary N) is 1. The van der Waals surface area contributed by atoms with E-state index in [2.05, 4.69) is 19.9 Å². The molecule has 168 valence electrons. The summed E-state index contributed by atoms with van der Waals surface area (Å²) in [5, 5.41) is 0. The molecule has 0 atom stereocenters. The highest BCUT2D eigenvalue weighted by Crippen LogP contribution is 2.03. The Kier molecular flexibility index (Phi) is 11.4. The summed E-state index contributed by atoms with van der Waals surface area (Å²) in [6.07, 6.45) is 9.91. The van der Waals surface area contributed by atoms with Crippen LogP contribution in [-0.4, -0.2) is 47.9 Å². The third-order valence-electron chi connectivity index (χ3n) is 4.49. The monoisotopic (exact) mass is 428 g/mol. The summed E-state index contributed by atoms with van der Waals surface area (Å²) < 4.78 is 3.91. The lowest BCUT2D eigenvalue weighted by Gasteiger charge is -2.02. The van der Waals surface area contributed by atoms with Crippen molar-refractivity contribution in [2.24, 2.45) is 0 Å². The average molecular weight is 429 g/mol. The maximum Gasteiger partial charge on any atom is 0.170 e. The zero-order chi connectivity index (χ0) is 23.2. The second-order valence-corrected chi connectivity index (χ2v) is 6.41. The van der Waals surface area contributed by atoms with Gasteiger partial charge in [-0.15, -0.1) is 0 Å². The molecule has 3 aromatic rings. The van der Waals surface area contributed by atoms with Crippen LogP contribution in [0.3, 0.4) is 0 Å². The third-order valence-corrected chi connectivity index (χ3v) is 4.49. The Morgan fingerprint density at radius 1 is 0.839 bits per heavy atom. The van der Waals surface area contributed by atoms with E-state index in [4.69, 9.17) is 0 Å². The van der Waals surface area contributed by atoms with Crippen molar-refractivity contribution in [3.8, 4) is 0 Å². The third kappa shape index (κ3) is 7.44. The first kappa shape index (κ1) is 25.7. The van der Waals surface area contributed by atoms with Crippen LogP contribution in [0.5, 0.6) is 0 Å². The molecule has 0 aliphatic carbocycles. The van der Waals surface area contributed by atoms with Crippen molar-refractivity contribution >= 4 is 18.9 Å². The first-order chi connectivity index (χ1) is 15.0. The van der Waals surface area contributed by atoms with E-state index >= 15 is 0 Å². The summed E-state index contributed by atoms with van der Waals surface area (Å²) in [6.45, 7) is 11.8. The Hall–Kier alpha value is -3.36. The standard InChI is InChI=1S/2C8H12N2O.C6H8N2O/c1-3-8-9-7(6-11)5-10(8)4-2;1-3-8-9-5-7(6-11)10(8)4-2;1-2-6-7-3-5(4-9)8-6/h2*5-6H,3-4H2,1-2H3;3-4H,2H2,1H3,(H,7,8). The zero-order valence-electron chi connectivity index (χ0n) is 19.0. The van der Waals surface area contributed by atoms with Gasteiger partial charge in [0.05, 0.1) is 18.1 Å². The van der Waals surface area contributed by atoms with E-state index in [0.29, 0.717) is 17.1 Å². The topological polar surface area (TPSA) is 116 Å². The average Bonchev–Trinajstić information content (AvgIpc) is 3.56. The highest BCUT2D eigenvalue weighted by molar-refractivity contribution is 5.72. The van der Waals surface area contributed by atoms with E-state index in [1.165, 1.54) is 6.20 Å². The lowest BCUT2D eigenvalue weighted by atomic mass is 10.4. The van der Waals surface area contributed by atoms with Gasteiger partial charge in [0, 0.05) is 38.5 Å². The van der Waals surface area contributed by atoms with Gasteiger partial charge in [-0.2, -0.15) is 0 Å². The van der Waals surface area contributed by atoms with Crippen LogP contribution in [-0.2, 0) is 32.4 Å². The number of aromatic nitrogens is 6. The molecular weight excluding hydrogens is 396 g/mol. The SMILES string of the molecule is CCc1nc(C=O)cn1CC.CCc1ncc(C=O)[nH]1.CCc1ncc(C=O)n1CC. The number of hydrogen-bond donors (Lipinski definition) is 1. The van der Waals surface area contributed by atoms with E-state index in [1.54, 1.807) is 12.4 Å². The summed E-state index contributed by atoms with van der Waals surface area (Å²) in [6, 6.07) is 0. The Morgan fingerprint density at radius 3 is 1.94 bits per heavy atom. The number of nitrogens with zero attached hydrogens (tertiary/aromatic N) is 5. The van der Waals surface area contributed by atoms with Gasteiger partial charge in [-0.1, -0.05) is 20.8 Å². The zero-order valence-corrected chi connectivity index (χ0v) is 19.0. The lowest BCUT2D eigenvalue weighted by Crippen LogP contribution is -2.03. The molecule has 9 nitrogen and oxygen atoms in total. The van der Waals surface area contributed by atoms with Crippen LogP contribution in [0, 0.1) is 0 Å². The highest BCUT2D eigenvalue weighted by Gasteiger charge is 2.04. The molecule has 0 bridgehead atoms. The summed E-state index contributed by atoms with van der Waals surface area (Å²) in [7, 11) is 0. The van der Waals surface area contributed by atoms with Crippen molar-refractivity contribution in [1.82, 2.24) is 29.1 Å². The van der Waals surface area contributed by atoms with E-state index in [-0.39, 0.29) is 0 Å². The Bertz CT molecular complexity index is 930. The van der Waals surface area contributed by atoms with E-state index in [0.717, 1.165) is 68.7 Å². The summed E-state index contributed by atoms with van der Waals surface area (Å²) in [5.74, 6) is 2.82. The molecule has 3 rings (SSSR count). The molecule has 1 N–H and O–H groups in total. The number of hydrogen-bond acceptors (Lipinski definition) is 6. The normalized spacial score (nSPS) is 9.84. The number of aryl methyl sites for hydroxylation is 4.